The summed E-state index contributed by atoms with van der Waals surface area (Å²) in [7, 11) is -5.81. The third-order valence-corrected chi connectivity index (χ3v) is 21.5. The van der Waals surface area contributed by atoms with Crippen molar-refractivity contribution in [1.82, 2.24) is 19.9 Å². The predicted molar refractivity (Wildman–Crippen MR) is 326 cm³/mol. The van der Waals surface area contributed by atoms with Crippen LogP contribution < -0.4 is 26.2 Å². The van der Waals surface area contributed by atoms with Gasteiger partial charge in [0.1, 0.15) is 57.7 Å². The van der Waals surface area contributed by atoms with Crippen molar-refractivity contribution in [3.63, 3.8) is 0 Å². The molecule has 6 heterocycles. The summed E-state index contributed by atoms with van der Waals surface area (Å²) in [5.41, 5.74) is 15.9. The van der Waals surface area contributed by atoms with Crippen LogP contribution in [0.2, 0.25) is 18.1 Å². The number of anilines is 2. The highest BCUT2D eigenvalue weighted by molar-refractivity contribution is 7.30. The highest BCUT2D eigenvalue weighted by Gasteiger charge is 2.45. The van der Waals surface area contributed by atoms with E-state index in [1.165, 1.54) is 24.4 Å². The molecule has 494 valence electrons. The summed E-state index contributed by atoms with van der Waals surface area (Å²) in [6, 6.07) is 9.91. The molecule has 0 radical (unpaired) electrons. The molecule has 6 aromatic rings. The van der Waals surface area contributed by atoms with E-state index in [-0.39, 0.29) is 54.7 Å². The number of piperidine rings is 2. The average molecular weight is 1340 g/mol. The number of carbonyl (C=O) groups excluding carboxylic acids is 2. The van der Waals surface area contributed by atoms with Crippen LogP contribution in [0, 0.1) is 46.7 Å². The molecule has 0 saturated carbocycles. The van der Waals surface area contributed by atoms with E-state index in [9.17, 15) is 51.3 Å². The van der Waals surface area contributed by atoms with E-state index in [0.29, 0.717) is 74.4 Å². The van der Waals surface area contributed by atoms with Crippen molar-refractivity contribution in [1.29, 1.82) is 0 Å². The topological polar surface area (TPSA) is 343 Å². The summed E-state index contributed by atoms with van der Waals surface area (Å²) in [6.45, 7) is 17.0. The van der Waals surface area contributed by atoms with Gasteiger partial charge in [0.05, 0.1) is 46.9 Å². The summed E-state index contributed by atoms with van der Waals surface area (Å²) in [4.78, 5) is 57.0. The Morgan fingerprint density at radius 3 is 1.42 bits per heavy atom. The van der Waals surface area contributed by atoms with E-state index >= 15 is 0 Å². The standard InChI is InChI=1S/C33H41F3N4O3Si.C27H27F3N4O3.HO4P.H3O4P.H2/c1-18-16-40(17-24(37)32(18)43-44(5,6)33(2,3)4)31-19(15-38-29-20(31)10-13-26(29)41)14-27(42)25-12-11-23(36)30(39-25)28-21(34)8-7-9-22(28)35;1-13-11-34(12-19(31)27(13)37)26-14(10-32-24-15(26)5-8-21(24)35)9-22(36)20-7-6-18(30)25(33-20)23-16(28)3-2-4-17(23)29;1-4-5(2)3;1-3-5-4-2;/h7-9,11-12,15,18,24,26,32,41H,10,13-14,16-17,37H2,1-6H3;2-4,6-7,10,13,19,21,27,35,37H,5,8-9,11-12,31H2,1H3;1H;1-2,5H;1H/t18-,24+,26+,32+;13-,19+,21+,27+;;;/m00.../s1. The van der Waals surface area contributed by atoms with Gasteiger partial charge in [0.25, 0.3) is 0 Å². The van der Waals surface area contributed by atoms with Crippen LogP contribution in [0.25, 0.3) is 22.5 Å². The molecule has 1 unspecified atom stereocenters. The van der Waals surface area contributed by atoms with Gasteiger partial charge in [-0.1, -0.05) is 46.8 Å². The molecule has 10 N–H and O–H groups in total. The van der Waals surface area contributed by atoms with Gasteiger partial charge in [-0.2, -0.15) is 9.35 Å². The second kappa shape index (κ2) is 31.1. The molecule has 2 aliphatic heterocycles. The summed E-state index contributed by atoms with van der Waals surface area (Å²) >= 11 is 0. The smallest absolute Gasteiger partial charge is 0.521 e. The number of nitrogens with zero attached hydrogens (tertiary/aromatic N) is 6. The second-order valence-corrected chi connectivity index (χ2v) is 29.9. The highest BCUT2D eigenvalue weighted by atomic mass is 31.1. The van der Waals surface area contributed by atoms with Gasteiger partial charge in [-0.3, -0.25) is 19.6 Å². The number of rotatable bonds is 15. The third-order valence-electron chi connectivity index (χ3n) is 16.7. The van der Waals surface area contributed by atoms with Crippen molar-refractivity contribution >= 4 is 48.5 Å². The second-order valence-electron chi connectivity index (χ2n) is 24.0. The molecule has 0 amide bonds. The largest absolute Gasteiger partial charge is 0.565 e. The van der Waals surface area contributed by atoms with Gasteiger partial charge in [-0.15, -0.1) is 0 Å². The van der Waals surface area contributed by atoms with Gasteiger partial charge in [-0.05, 0) is 96.9 Å². The van der Waals surface area contributed by atoms with E-state index in [0.717, 1.165) is 65.0 Å². The third kappa shape index (κ3) is 17.0. The van der Waals surface area contributed by atoms with Crippen molar-refractivity contribution in [2.75, 3.05) is 36.0 Å². The summed E-state index contributed by atoms with van der Waals surface area (Å²) < 4.78 is 112. The molecular weight excluding hydrogens is 1260 g/mol. The number of hydrogen-bond acceptors (Lipinski definition) is 22. The minimum Gasteiger partial charge on any atom is -0.565 e. The number of ketones is 2. The van der Waals surface area contributed by atoms with Gasteiger partial charge in [-0.25, -0.2) is 52.1 Å². The maximum Gasteiger partial charge on any atom is 0.521 e. The van der Waals surface area contributed by atoms with Crippen LogP contribution >= 0.6 is 17.3 Å². The number of aliphatic hydroxyl groups is 3. The molecule has 4 aliphatic rings. The predicted octanol–water partition coefficient (Wildman–Crippen LogP) is 9.46. The number of nitrogens with two attached hydrogens (primary N) is 2. The number of carbonyl (C=O) groups is 2. The number of aliphatic hydroxyl groups excluding tert-OH is 3. The molecule has 10 rings (SSSR count). The SMILES string of the molecule is C[C@H]1CN(c2c(CC(=O)c3ccc(F)c(-c4c(F)cccc4F)n3)cnc3c2CC[C@H]3O)C[C@@H](N)[C@@H]1O.C[C@H]1CN(c2c(CC(=O)c3ccc(F)c(-c4c(F)cccc4F)n3)cnc3c2CC[C@H]3O)C[C@@H](N)[C@@H]1O[Si](C)(C)C(C)(C)C.O=[P+]([O-])OO.OOPOO.[HH]. The number of fused-ring (bicyclic) bond motifs is 2. The molecule has 31 heteroatoms. The molecule has 2 aromatic carbocycles. The van der Waals surface area contributed by atoms with E-state index in [2.05, 4.69) is 79.6 Å². The van der Waals surface area contributed by atoms with E-state index in [4.69, 9.17) is 41.1 Å². The Balaban J connectivity index is 0.000000255. The van der Waals surface area contributed by atoms with Gasteiger partial charge in [0.2, 0.25) is 9.03 Å². The number of halogens is 6. The zero-order chi connectivity index (χ0) is 67.0. The van der Waals surface area contributed by atoms with Crippen LogP contribution in [0.5, 0.6) is 0 Å². The highest BCUT2D eigenvalue weighted by Crippen LogP contribution is 2.44. The summed E-state index contributed by atoms with van der Waals surface area (Å²) in [5.74, 6) is -6.81. The molecule has 0 spiro atoms. The van der Waals surface area contributed by atoms with Crippen LogP contribution in [-0.2, 0) is 48.7 Å². The van der Waals surface area contributed by atoms with Crippen LogP contribution in [0.15, 0.2) is 73.1 Å². The maximum absolute atomic E-state index is 14.7. The first kappa shape index (κ1) is 72.2. The number of aromatic nitrogens is 4. The zero-order valence-corrected chi connectivity index (χ0v) is 53.5. The van der Waals surface area contributed by atoms with Crippen molar-refractivity contribution < 1.29 is 96.4 Å². The summed E-state index contributed by atoms with van der Waals surface area (Å²) in [5, 5.41) is 53.0. The molecule has 9 atom stereocenters. The van der Waals surface area contributed by atoms with E-state index < -0.39 is 119 Å². The Morgan fingerprint density at radius 2 is 1.07 bits per heavy atom. The van der Waals surface area contributed by atoms with Crippen LogP contribution in [0.4, 0.5) is 37.7 Å². The number of Topliss-reactive ketones (excluding diaryl/α,β-unsaturated/α-hetero) is 2. The number of pyridine rings is 4. The Labute approximate surface area is 525 Å². The van der Waals surface area contributed by atoms with Gasteiger partial charge >= 0.3 is 8.25 Å². The minimum absolute atomic E-state index is 0. The first-order chi connectivity index (χ1) is 42.9. The molecule has 2 fully saturated rings. The van der Waals surface area contributed by atoms with Gasteiger partial charge in [0.15, 0.2) is 19.9 Å². The molecule has 0 bridgehead atoms. The Hall–Kier alpha value is -6.21. The van der Waals surface area contributed by atoms with Crippen molar-refractivity contribution in [3.05, 3.63) is 153 Å². The lowest BCUT2D eigenvalue weighted by Crippen LogP contribution is -2.60. The lowest BCUT2D eigenvalue weighted by molar-refractivity contribution is -0.244. The fourth-order valence-corrected chi connectivity index (χ4v) is 12.9. The lowest BCUT2D eigenvalue weighted by atomic mass is 9.91. The molecule has 91 heavy (non-hydrogen) atoms. The van der Waals surface area contributed by atoms with Gasteiger partial charge in [0, 0.05) is 115 Å². The Morgan fingerprint density at radius 1 is 0.670 bits per heavy atom. The fraction of sp³-hybridized carbons (Fsp3) is 0.433. The van der Waals surface area contributed by atoms with Crippen LogP contribution in [-0.4, -0.2) is 121 Å². The Bertz CT molecular complexity index is 3550. The summed E-state index contributed by atoms with van der Waals surface area (Å²) in [6.07, 6.45) is 2.82. The van der Waals surface area contributed by atoms with Crippen molar-refractivity contribution in [2.45, 2.75) is 128 Å². The minimum atomic E-state index is -3.04. The van der Waals surface area contributed by atoms with Gasteiger partial charge < -0.3 is 45.9 Å². The first-order valence-corrected chi connectivity index (χ1v) is 33.6. The lowest BCUT2D eigenvalue weighted by Gasteiger charge is -2.48. The van der Waals surface area contributed by atoms with Crippen molar-refractivity contribution in [3.8, 4) is 22.5 Å². The first-order valence-electron chi connectivity index (χ1n) is 28.8. The molecule has 4 aromatic heterocycles. The van der Waals surface area contributed by atoms with Crippen molar-refractivity contribution in [2.24, 2.45) is 23.3 Å². The molecule has 22 nitrogen and oxygen atoms in total. The number of benzene rings is 2. The maximum atomic E-state index is 14.7. The van der Waals surface area contributed by atoms with E-state index in [1.54, 1.807) is 6.20 Å². The molecule has 2 aliphatic carbocycles. The quantitative estimate of drug-likeness (QED) is 0.0118. The van der Waals surface area contributed by atoms with Crippen LogP contribution in [0.1, 0.15) is 116 Å². The number of hydrogen-bond donors (Lipinski definition) is 8. The monoisotopic (exact) mass is 1330 g/mol. The molecule has 2 saturated heterocycles. The van der Waals surface area contributed by atoms with Crippen LogP contribution in [0.3, 0.4) is 0 Å². The zero-order valence-electron chi connectivity index (χ0n) is 50.6. The van der Waals surface area contributed by atoms with E-state index in [1.807, 2.05) is 11.8 Å². The Kier molecular flexibility index (Phi) is 24.7. The normalized spacial score (nSPS) is 21.3. The average Bonchev–Trinajstić information content (AvgIpc) is 1.41. The fourth-order valence-electron chi connectivity index (χ4n) is 11.4. The molecular formula is C60H74F6N8O14P2Si.